The molecule has 3 amide bonds. The predicted octanol–water partition coefficient (Wildman–Crippen LogP) is 4.09. The zero-order valence-corrected chi connectivity index (χ0v) is 23.1. The number of carbonyl (C=O) groups excluding carboxylic acids is 3. The Balaban J connectivity index is 1.14. The number of amides is 3. The quantitative estimate of drug-likeness (QED) is 0.426. The van der Waals surface area contributed by atoms with Crippen molar-refractivity contribution in [2.75, 3.05) is 19.0 Å². The van der Waals surface area contributed by atoms with Crippen LogP contribution in [0, 0.1) is 35.4 Å². The van der Waals surface area contributed by atoms with E-state index in [1.54, 1.807) is 18.9 Å². The first-order chi connectivity index (χ1) is 19.3. The van der Waals surface area contributed by atoms with Gasteiger partial charge in [-0.05, 0) is 66.1 Å². The van der Waals surface area contributed by atoms with Gasteiger partial charge in [-0.2, -0.15) is 0 Å². The number of fused-ring (bicyclic) bond motifs is 9. The molecule has 7 unspecified atom stereocenters. The van der Waals surface area contributed by atoms with Crippen molar-refractivity contribution in [3.05, 3.63) is 74.5 Å². The monoisotopic (exact) mass is 579 g/mol. The number of thioether (sulfide) groups is 1. The van der Waals surface area contributed by atoms with Crippen LogP contribution in [0.2, 0.25) is 0 Å². The first-order valence-electron chi connectivity index (χ1n) is 13.3. The van der Waals surface area contributed by atoms with Crippen LogP contribution in [-0.2, 0) is 14.4 Å². The van der Waals surface area contributed by atoms with Gasteiger partial charge in [-0.3, -0.25) is 24.1 Å². The van der Waals surface area contributed by atoms with Gasteiger partial charge in [-0.15, -0.1) is 11.8 Å². The van der Waals surface area contributed by atoms with Gasteiger partial charge in [0.25, 0.3) is 0 Å². The summed E-state index contributed by atoms with van der Waals surface area (Å²) in [5, 5.41) is 3.67. The number of hydrogen-bond donors (Lipinski definition) is 2. The van der Waals surface area contributed by atoms with Crippen LogP contribution in [0.4, 0.5) is 10.1 Å². The predicted molar refractivity (Wildman–Crippen MR) is 148 cm³/mol. The van der Waals surface area contributed by atoms with Crippen LogP contribution in [-0.4, -0.2) is 46.5 Å². The lowest BCUT2D eigenvalue weighted by atomic mass is 9.68. The Morgan fingerprint density at radius 1 is 1.05 bits per heavy atom. The summed E-state index contributed by atoms with van der Waals surface area (Å²) < 4.78 is 18.5. The van der Waals surface area contributed by atoms with E-state index in [2.05, 4.69) is 10.3 Å². The van der Waals surface area contributed by atoms with Crippen molar-refractivity contribution in [3.8, 4) is 5.75 Å². The van der Waals surface area contributed by atoms with Crippen molar-refractivity contribution in [1.82, 2.24) is 9.88 Å². The minimum Gasteiger partial charge on any atom is -0.497 e. The number of thiazole rings is 1. The molecule has 2 aliphatic carbocycles. The third-order valence-electron chi connectivity index (χ3n) is 8.98. The molecule has 1 aromatic heterocycles. The molecule has 7 atom stereocenters. The number of ether oxygens (including phenoxy) is 1. The number of halogens is 1. The van der Waals surface area contributed by atoms with Crippen molar-refractivity contribution in [2.45, 2.75) is 29.0 Å². The van der Waals surface area contributed by atoms with E-state index >= 15 is 0 Å². The Morgan fingerprint density at radius 3 is 2.45 bits per heavy atom. The maximum atomic E-state index is 13.7. The third kappa shape index (κ3) is 3.93. The summed E-state index contributed by atoms with van der Waals surface area (Å²) in [7, 11) is 1.62. The molecule has 3 heterocycles. The van der Waals surface area contributed by atoms with Gasteiger partial charge in [-0.25, -0.2) is 4.39 Å². The molecular formula is C29H26FN3O5S2. The number of hydrogen-bond acceptors (Lipinski definition) is 7. The minimum absolute atomic E-state index is 0.0134. The van der Waals surface area contributed by atoms with E-state index in [0.717, 1.165) is 27.6 Å². The number of nitrogens with one attached hydrogen (secondary N) is 2. The highest BCUT2D eigenvalue weighted by atomic mass is 32.2. The van der Waals surface area contributed by atoms with Gasteiger partial charge in [0.2, 0.25) is 17.7 Å². The number of imide groups is 1. The van der Waals surface area contributed by atoms with Crippen LogP contribution in [0.5, 0.6) is 5.75 Å². The van der Waals surface area contributed by atoms with Gasteiger partial charge >= 0.3 is 4.87 Å². The average Bonchev–Trinajstić information content (AvgIpc) is 3.68. The second kappa shape index (κ2) is 9.59. The van der Waals surface area contributed by atoms with Crippen LogP contribution >= 0.6 is 23.1 Å². The van der Waals surface area contributed by atoms with E-state index in [9.17, 15) is 23.6 Å². The topological polar surface area (TPSA) is 109 Å². The van der Waals surface area contributed by atoms with Crippen LogP contribution in [0.25, 0.3) is 0 Å². The molecule has 2 N–H and O–H groups in total. The summed E-state index contributed by atoms with van der Waals surface area (Å²) in [5.74, 6) is -1.08. The molecule has 4 aliphatic rings. The molecule has 2 bridgehead atoms. The number of benzene rings is 2. The van der Waals surface area contributed by atoms with E-state index < -0.39 is 17.7 Å². The summed E-state index contributed by atoms with van der Waals surface area (Å²) in [6.07, 6.45) is 0.776. The lowest BCUT2D eigenvalue weighted by molar-refractivity contribution is -0.141. The van der Waals surface area contributed by atoms with Gasteiger partial charge in [0.1, 0.15) is 11.6 Å². The Morgan fingerprint density at radius 2 is 1.75 bits per heavy atom. The number of H-pyrrole nitrogens is 1. The number of rotatable bonds is 6. The molecule has 7 rings (SSSR count). The van der Waals surface area contributed by atoms with E-state index in [1.807, 2.05) is 24.3 Å². The molecule has 0 radical (unpaired) electrons. The van der Waals surface area contributed by atoms with Crippen LogP contribution in [0.1, 0.15) is 29.2 Å². The largest absolute Gasteiger partial charge is 0.497 e. The second-order valence-electron chi connectivity index (χ2n) is 10.9. The maximum absolute atomic E-state index is 13.7. The van der Waals surface area contributed by atoms with E-state index in [0.29, 0.717) is 5.69 Å². The van der Waals surface area contributed by atoms with Gasteiger partial charge in [0.15, 0.2) is 0 Å². The highest BCUT2D eigenvalue weighted by molar-refractivity contribution is 8.00. The van der Waals surface area contributed by atoms with Crippen LogP contribution < -0.4 is 14.9 Å². The lowest BCUT2D eigenvalue weighted by Crippen LogP contribution is -2.42. The lowest BCUT2D eigenvalue weighted by Gasteiger charge is -2.43. The first-order valence-corrected chi connectivity index (χ1v) is 15.0. The van der Waals surface area contributed by atoms with Crippen molar-refractivity contribution in [2.24, 2.45) is 29.6 Å². The van der Waals surface area contributed by atoms with Crippen LogP contribution in [0.15, 0.2) is 58.4 Å². The fourth-order valence-corrected chi connectivity index (χ4v) is 10.3. The SMILES string of the molecule is COc1ccc(C2c3sc(=O)[nH]c3SC3C4CC(C5C(=O)N(CCC(=O)Nc6ccc(F)cc6)C(=O)C45)C23)cc1. The minimum atomic E-state index is -0.405. The van der Waals surface area contributed by atoms with E-state index in [1.165, 1.54) is 40.5 Å². The summed E-state index contributed by atoms with van der Waals surface area (Å²) in [4.78, 5) is 57.4. The summed E-state index contributed by atoms with van der Waals surface area (Å²) >= 11 is 2.88. The van der Waals surface area contributed by atoms with Crippen LogP contribution in [0.3, 0.4) is 0 Å². The fourth-order valence-electron chi connectivity index (χ4n) is 7.45. The third-order valence-corrected chi connectivity index (χ3v) is 11.6. The van der Waals surface area contributed by atoms with Crippen molar-refractivity contribution >= 4 is 46.5 Å². The van der Waals surface area contributed by atoms with Crippen molar-refractivity contribution < 1.29 is 23.5 Å². The van der Waals surface area contributed by atoms with Gasteiger partial charge in [0.05, 0.1) is 24.0 Å². The van der Waals surface area contributed by atoms with Crippen molar-refractivity contribution in [1.29, 1.82) is 0 Å². The van der Waals surface area contributed by atoms with Gasteiger partial charge in [0, 0.05) is 34.7 Å². The number of likely N-dealkylation sites (tertiary alicyclic amines) is 1. The average molecular weight is 580 g/mol. The number of nitrogens with zero attached hydrogens (tertiary/aromatic N) is 1. The molecule has 206 valence electrons. The van der Waals surface area contributed by atoms with Crippen molar-refractivity contribution in [3.63, 3.8) is 0 Å². The van der Waals surface area contributed by atoms with E-state index in [-0.39, 0.29) is 64.5 Å². The number of anilines is 1. The molecule has 8 nitrogen and oxygen atoms in total. The molecule has 2 aliphatic heterocycles. The number of aromatic amines is 1. The molecule has 11 heteroatoms. The molecular weight excluding hydrogens is 553 g/mol. The maximum Gasteiger partial charge on any atom is 0.305 e. The first kappa shape index (κ1) is 25.5. The Kier molecular flexibility index (Phi) is 6.12. The molecule has 2 aromatic carbocycles. The van der Waals surface area contributed by atoms with Gasteiger partial charge in [-0.1, -0.05) is 23.5 Å². The molecule has 3 fully saturated rings. The molecule has 1 saturated heterocycles. The van der Waals surface area contributed by atoms with Gasteiger partial charge < -0.3 is 15.0 Å². The molecule has 40 heavy (non-hydrogen) atoms. The second-order valence-corrected chi connectivity index (χ2v) is 13.1. The summed E-state index contributed by atoms with van der Waals surface area (Å²) in [5.41, 5.74) is 1.53. The number of aromatic nitrogens is 1. The zero-order chi connectivity index (χ0) is 27.7. The Bertz CT molecular complexity index is 1570. The number of carbonyl (C=O) groups is 3. The Labute approximate surface area is 237 Å². The standard InChI is InChI=1S/C29H26FN3O5S2/c1-38-16-8-2-13(3-9-16)20-21-17-12-18(24(21)39-26-25(20)40-29(37)32-26)23-22(17)27(35)33(28(23)36)11-10-19(34)31-15-6-4-14(30)5-7-15/h2-9,17-18,20-24H,10-12H2,1H3,(H,31,34)(H,32,37). The fraction of sp³-hybridized carbons (Fsp3) is 0.379. The summed E-state index contributed by atoms with van der Waals surface area (Å²) in [6, 6.07) is 13.3. The highest BCUT2D eigenvalue weighted by Crippen LogP contribution is 2.68. The molecule has 3 aromatic rings. The normalized spacial score (nSPS) is 29.8. The number of methoxy groups -OCH3 is 1. The summed E-state index contributed by atoms with van der Waals surface area (Å²) in [6.45, 7) is 0.0161. The smallest absolute Gasteiger partial charge is 0.305 e. The Hall–Kier alpha value is -3.44. The molecule has 2 saturated carbocycles. The van der Waals surface area contributed by atoms with E-state index in [4.69, 9.17) is 4.74 Å². The zero-order valence-electron chi connectivity index (χ0n) is 21.5. The molecule has 0 spiro atoms. The highest BCUT2D eigenvalue weighted by Gasteiger charge is 2.69.